The quantitative estimate of drug-likeness (QED) is 0.404. The molecule has 1 heterocycles. The average molecular weight is 202 g/mol. The van der Waals surface area contributed by atoms with Gasteiger partial charge in [0.1, 0.15) is 0 Å². The average Bonchev–Trinajstić information content (AvgIpc) is 2.47. The highest BCUT2D eigenvalue weighted by atomic mass is 16.5. The van der Waals surface area contributed by atoms with Crippen molar-refractivity contribution >= 4 is 0 Å². The molecule has 4 nitrogen and oxygen atoms in total. The highest BCUT2D eigenvalue weighted by Gasteiger charge is 2.25. The molecule has 0 aliphatic carbocycles. The molecule has 0 radical (unpaired) electrons. The lowest BCUT2D eigenvalue weighted by Crippen LogP contribution is -2.18. The van der Waals surface area contributed by atoms with Gasteiger partial charge in [0.25, 0.3) is 0 Å². The van der Waals surface area contributed by atoms with Crippen LogP contribution in [0.3, 0.4) is 0 Å². The Morgan fingerprint density at radius 1 is 1.50 bits per heavy atom. The van der Waals surface area contributed by atoms with Crippen LogP contribution in [0.15, 0.2) is 0 Å². The van der Waals surface area contributed by atoms with Crippen LogP contribution < -0.4 is 0 Å². The van der Waals surface area contributed by atoms with Gasteiger partial charge in [-0.3, -0.25) is 0 Å². The van der Waals surface area contributed by atoms with Crippen molar-refractivity contribution < 1.29 is 20.1 Å². The summed E-state index contributed by atoms with van der Waals surface area (Å²) >= 11 is 0. The van der Waals surface area contributed by atoms with Crippen molar-refractivity contribution in [3.8, 4) is 12.3 Å². The molecule has 14 heavy (non-hydrogen) atoms. The molecule has 0 aromatic carbocycles. The van der Waals surface area contributed by atoms with Gasteiger partial charge in [-0.15, -0.1) is 12.3 Å². The van der Waals surface area contributed by atoms with E-state index in [1.807, 2.05) is 0 Å². The van der Waals surface area contributed by atoms with Gasteiger partial charge in [-0.05, 0) is 20.3 Å². The van der Waals surface area contributed by atoms with Crippen molar-refractivity contribution in [3.63, 3.8) is 0 Å². The second-order valence-corrected chi connectivity index (χ2v) is 3.65. The fourth-order valence-electron chi connectivity index (χ4n) is 1.02. The van der Waals surface area contributed by atoms with Crippen molar-refractivity contribution in [1.29, 1.82) is 0 Å². The summed E-state index contributed by atoms with van der Waals surface area (Å²) in [5.41, 5.74) is 0. The maximum Gasteiger partial charge on any atom is 0.156 e. The first kappa shape index (κ1) is 13.4. The first-order valence-electron chi connectivity index (χ1n) is 4.51. The Morgan fingerprint density at radius 3 is 2.29 bits per heavy atom. The Kier molecular flexibility index (Phi) is 5.73. The minimum Gasteiger partial charge on any atom is -0.394 e. The largest absolute Gasteiger partial charge is 0.394 e. The van der Waals surface area contributed by atoms with Gasteiger partial charge in [-0.25, -0.2) is 0 Å². The van der Waals surface area contributed by atoms with E-state index in [2.05, 4.69) is 5.92 Å². The van der Waals surface area contributed by atoms with Gasteiger partial charge in [0.15, 0.2) is 5.79 Å². The number of aliphatic hydroxyl groups excluding tert-OH is 1. The molecule has 82 valence electrons. The van der Waals surface area contributed by atoms with Crippen LogP contribution in [-0.2, 0) is 4.74 Å². The van der Waals surface area contributed by atoms with Crippen LogP contribution in [0.5, 0.6) is 0 Å². The number of hydrogen-bond donors (Lipinski definition) is 3. The Balaban J connectivity index is 0.000000292. The molecule has 1 fully saturated rings. The molecule has 0 aromatic rings. The molecular formula is C10H18O4. The van der Waals surface area contributed by atoms with E-state index in [9.17, 15) is 0 Å². The highest BCUT2D eigenvalue weighted by molar-refractivity contribution is 4.99. The molecule has 1 rings (SSSR count). The summed E-state index contributed by atoms with van der Waals surface area (Å²) in [7, 11) is 0. The molecule has 3 N–H and O–H groups in total. The van der Waals surface area contributed by atoms with Crippen LogP contribution in [-0.4, -0.2) is 40.4 Å². The Hall–Kier alpha value is -0.600. The monoisotopic (exact) mass is 202 g/mol. The second kappa shape index (κ2) is 5.99. The molecule has 0 saturated carbocycles. The number of rotatable bonds is 1. The van der Waals surface area contributed by atoms with Crippen LogP contribution in [0.2, 0.25) is 0 Å². The summed E-state index contributed by atoms with van der Waals surface area (Å²) in [6, 6.07) is 0. The van der Waals surface area contributed by atoms with Crippen molar-refractivity contribution in [2.45, 2.75) is 32.2 Å². The van der Waals surface area contributed by atoms with E-state index >= 15 is 0 Å². The minimum atomic E-state index is -1.50. The molecule has 2 unspecified atom stereocenters. The molecule has 1 saturated heterocycles. The molecule has 0 amide bonds. The number of terminal acetylenes is 1. The van der Waals surface area contributed by atoms with E-state index in [1.165, 1.54) is 13.8 Å². The summed E-state index contributed by atoms with van der Waals surface area (Å²) < 4.78 is 5.11. The maximum atomic E-state index is 8.65. The molecule has 1 aliphatic heterocycles. The lowest BCUT2D eigenvalue weighted by Gasteiger charge is -2.08. The SMILES string of the molecule is C#CC1CCOC1CO.CC(C)(O)O. The van der Waals surface area contributed by atoms with E-state index in [0.29, 0.717) is 6.61 Å². The fourth-order valence-corrected chi connectivity index (χ4v) is 1.02. The number of aliphatic hydroxyl groups is 3. The zero-order chi connectivity index (χ0) is 11.2. The maximum absolute atomic E-state index is 8.65. The van der Waals surface area contributed by atoms with Crippen LogP contribution >= 0.6 is 0 Å². The molecular weight excluding hydrogens is 184 g/mol. The Bertz CT molecular complexity index is 183. The van der Waals surface area contributed by atoms with Crippen molar-refractivity contribution in [1.82, 2.24) is 0 Å². The van der Waals surface area contributed by atoms with Gasteiger partial charge in [-0.2, -0.15) is 0 Å². The fraction of sp³-hybridized carbons (Fsp3) is 0.800. The number of hydrogen-bond acceptors (Lipinski definition) is 4. The van der Waals surface area contributed by atoms with E-state index in [0.717, 1.165) is 6.42 Å². The topological polar surface area (TPSA) is 69.9 Å². The lowest BCUT2D eigenvalue weighted by molar-refractivity contribution is -0.127. The zero-order valence-corrected chi connectivity index (χ0v) is 8.60. The predicted octanol–water partition coefficient (Wildman–Crippen LogP) is -0.276. The summed E-state index contributed by atoms with van der Waals surface area (Å²) in [6.07, 6.45) is 5.95. The van der Waals surface area contributed by atoms with Gasteiger partial charge in [-0.1, -0.05) is 0 Å². The van der Waals surface area contributed by atoms with Crippen LogP contribution in [0.25, 0.3) is 0 Å². The Labute approximate surface area is 84.5 Å². The first-order valence-corrected chi connectivity index (χ1v) is 4.51. The van der Waals surface area contributed by atoms with Crippen LogP contribution in [0, 0.1) is 18.3 Å². The third kappa shape index (κ3) is 6.87. The molecule has 0 aromatic heterocycles. The third-order valence-electron chi connectivity index (χ3n) is 1.60. The lowest BCUT2D eigenvalue weighted by atomic mass is 10.0. The Morgan fingerprint density at radius 2 is 2.00 bits per heavy atom. The minimum absolute atomic E-state index is 0.0505. The normalized spacial score (nSPS) is 26.3. The van der Waals surface area contributed by atoms with Crippen molar-refractivity contribution in [2.24, 2.45) is 5.92 Å². The molecule has 1 aliphatic rings. The summed E-state index contributed by atoms with van der Waals surface area (Å²) in [4.78, 5) is 0. The van der Waals surface area contributed by atoms with Gasteiger partial charge < -0.3 is 20.1 Å². The van der Waals surface area contributed by atoms with Crippen molar-refractivity contribution in [3.05, 3.63) is 0 Å². The highest BCUT2D eigenvalue weighted by Crippen LogP contribution is 2.18. The second-order valence-electron chi connectivity index (χ2n) is 3.65. The molecule has 0 spiro atoms. The van der Waals surface area contributed by atoms with E-state index in [-0.39, 0.29) is 18.6 Å². The number of ether oxygens (including phenoxy) is 1. The van der Waals surface area contributed by atoms with Crippen molar-refractivity contribution in [2.75, 3.05) is 13.2 Å². The van der Waals surface area contributed by atoms with Gasteiger partial charge in [0.2, 0.25) is 0 Å². The third-order valence-corrected chi connectivity index (χ3v) is 1.60. The van der Waals surface area contributed by atoms with E-state index in [4.69, 9.17) is 26.5 Å². The van der Waals surface area contributed by atoms with Gasteiger partial charge in [0.05, 0.1) is 18.6 Å². The first-order chi connectivity index (χ1) is 6.38. The van der Waals surface area contributed by atoms with E-state index < -0.39 is 5.79 Å². The summed E-state index contributed by atoms with van der Waals surface area (Å²) in [6.45, 7) is 3.34. The molecule has 2 atom stereocenters. The van der Waals surface area contributed by atoms with Crippen LogP contribution in [0.4, 0.5) is 0 Å². The van der Waals surface area contributed by atoms with Crippen LogP contribution in [0.1, 0.15) is 20.3 Å². The van der Waals surface area contributed by atoms with Gasteiger partial charge >= 0.3 is 0 Å². The van der Waals surface area contributed by atoms with E-state index in [1.54, 1.807) is 0 Å². The smallest absolute Gasteiger partial charge is 0.156 e. The standard InChI is InChI=1S/C7H10O2.C3H8O2/c1-2-6-3-4-9-7(6)5-8;1-3(2,4)5/h1,6-8H,3-5H2;4-5H,1-2H3. The zero-order valence-electron chi connectivity index (χ0n) is 8.60. The predicted molar refractivity (Wildman–Crippen MR) is 52.3 cm³/mol. The summed E-state index contributed by atoms with van der Waals surface area (Å²) in [5, 5.41) is 24.8. The summed E-state index contributed by atoms with van der Waals surface area (Å²) in [5.74, 6) is 1.21. The molecule has 4 heteroatoms. The van der Waals surface area contributed by atoms with Gasteiger partial charge in [0, 0.05) is 6.61 Å². The molecule has 0 bridgehead atoms.